The maximum atomic E-state index is 12.9. The van der Waals surface area contributed by atoms with Crippen molar-refractivity contribution in [3.05, 3.63) is 0 Å². The van der Waals surface area contributed by atoms with Crippen LogP contribution >= 0.6 is 0 Å². The van der Waals surface area contributed by atoms with Crippen molar-refractivity contribution in [3.8, 4) is 0 Å². The van der Waals surface area contributed by atoms with Crippen LogP contribution < -0.4 is 0 Å². The molecule has 1 N–H and O–H groups in total. The summed E-state index contributed by atoms with van der Waals surface area (Å²) in [6.45, 7) is 4.79. The van der Waals surface area contributed by atoms with Gasteiger partial charge in [-0.1, -0.05) is 6.92 Å². The third-order valence-corrected chi connectivity index (χ3v) is 9.89. The Hall–Kier alpha value is -0.490. The van der Waals surface area contributed by atoms with Gasteiger partial charge in [0.25, 0.3) is 0 Å². The van der Waals surface area contributed by atoms with E-state index in [1.165, 1.54) is 0 Å². The van der Waals surface area contributed by atoms with E-state index in [0.29, 0.717) is 36.2 Å². The predicted molar refractivity (Wildman–Crippen MR) is 110 cm³/mol. The highest BCUT2D eigenvalue weighted by Crippen LogP contribution is 2.68. The van der Waals surface area contributed by atoms with Crippen LogP contribution in [0.3, 0.4) is 0 Å². The van der Waals surface area contributed by atoms with E-state index >= 15 is 0 Å². The standard InChI is InChI=1S/C24H40O5/c1-15(26)24-10-8-19-18(20(24)6-5-16(24)13-25)12-22(28-4)21-11-17(29-14-27-3)7-9-23(19,21)2/h16-22,25H,5-14H2,1-4H3/t16-,17-,18-,19+,20+,21-,22?,23-,24+/m1/s1. The van der Waals surface area contributed by atoms with Crippen LogP contribution in [0.15, 0.2) is 0 Å². The maximum absolute atomic E-state index is 12.9. The number of carbonyl (C=O) groups excluding carboxylic acids is 1. The number of ketones is 1. The van der Waals surface area contributed by atoms with Gasteiger partial charge >= 0.3 is 0 Å². The second-order valence-corrected chi connectivity index (χ2v) is 10.6. The summed E-state index contributed by atoms with van der Waals surface area (Å²) in [7, 11) is 3.54. The molecule has 5 heteroatoms. The van der Waals surface area contributed by atoms with Crippen LogP contribution in [-0.4, -0.2) is 50.7 Å². The number of hydrogen-bond donors (Lipinski definition) is 1. The largest absolute Gasteiger partial charge is 0.396 e. The molecule has 0 radical (unpaired) electrons. The molecule has 0 aromatic carbocycles. The van der Waals surface area contributed by atoms with E-state index in [9.17, 15) is 9.90 Å². The van der Waals surface area contributed by atoms with Gasteiger partial charge in [-0.15, -0.1) is 0 Å². The minimum atomic E-state index is -0.295. The number of rotatable bonds is 6. The second-order valence-electron chi connectivity index (χ2n) is 10.6. The highest BCUT2D eigenvalue weighted by atomic mass is 16.7. The lowest BCUT2D eigenvalue weighted by atomic mass is 9.43. The molecule has 4 saturated carbocycles. The molecule has 4 aliphatic rings. The summed E-state index contributed by atoms with van der Waals surface area (Å²) in [6, 6.07) is 0. The van der Waals surface area contributed by atoms with Gasteiger partial charge in [-0.25, -0.2) is 0 Å². The number of aliphatic hydroxyl groups is 1. The molecule has 0 saturated heterocycles. The fraction of sp³-hybridized carbons (Fsp3) is 0.958. The first-order valence-electron chi connectivity index (χ1n) is 11.7. The van der Waals surface area contributed by atoms with Crippen LogP contribution in [0.2, 0.25) is 0 Å². The molecule has 0 spiro atoms. The van der Waals surface area contributed by atoms with Gasteiger partial charge in [-0.2, -0.15) is 0 Å². The third kappa shape index (κ3) is 3.22. The van der Waals surface area contributed by atoms with Gasteiger partial charge in [-0.3, -0.25) is 4.79 Å². The van der Waals surface area contributed by atoms with Gasteiger partial charge in [0.1, 0.15) is 12.6 Å². The molecule has 5 nitrogen and oxygen atoms in total. The van der Waals surface area contributed by atoms with Gasteiger partial charge in [0.05, 0.1) is 12.2 Å². The number of aliphatic hydroxyl groups excluding tert-OH is 1. The van der Waals surface area contributed by atoms with Gasteiger partial charge in [0.15, 0.2) is 0 Å². The molecule has 9 atom stereocenters. The average molecular weight is 409 g/mol. The van der Waals surface area contributed by atoms with Crippen LogP contribution in [0, 0.1) is 40.4 Å². The zero-order valence-electron chi connectivity index (χ0n) is 18.7. The quantitative estimate of drug-likeness (QED) is 0.677. The number of ether oxygens (including phenoxy) is 3. The van der Waals surface area contributed by atoms with Gasteiger partial charge in [0, 0.05) is 26.2 Å². The van der Waals surface area contributed by atoms with Crippen LogP contribution in [0.1, 0.15) is 65.2 Å². The van der Waals surface area contributed by atoms with Gasteiger partial charge in [0.2, 0.25) is 0 Å². The molecular weight excluding hydrogens is 368 g/mol. The van der Waals surface area contributed by atoms with Crippen molar-refractivity contribution in [2.24, 2.45) is 40.4 Å². The zero-order chi connectivity index (χ0) is 20.8. The van der Waals surface area contributed by atoms with Crippen molar-refractivity contribution in [2.45, 2.75) is 77.4 Å². The summed E-state index contributed by atoms with van der Waals surface area (Å²) >= 11 is 0. The molecule has 0 aliphatic heterocycles. The Morgan fingerprint density at radius 1 is 1.03 bits per heavy atom. The fourth-order valence-corrected chi connectivity index (χ4v) is 8.57. The Morgan fingerprint density at radius 3 is 2.48 bits per heavy atom. The van der Waals surface area contributed by atoms with Crippen LogP contribution in [0.4, 0.5) is 0 Å². The molecule has 0 aromatic rings. The Bertz CT molecular complexity index is 608. The summed E-state index contributed by atoms with van der Waals surface area (Å²) in [5.41, 5.74) is -0.0487. The van der Waals surface area contributed by atoms with Crippen molar-refractivity contribution in [1.29, 1.82) is 0 Å². The highest BCUT2D eigenvalue weighted by Gasteiger charge is 2.64. The lowest BCUT2D eigenvalue weighted by molar-refractivity contribution is -0.195. The van der Waals surface area contributed by atoms with E-state index in [4.69, 9.17) is 14.2 Å². The average Bonchev–Trinajstić information content (AvgIpc) is 3.12. The van der Waals surface area contributed by atoms with Crippen LogP contribution in [0.25, 0.3) is 0 Å². The Labute approximate surface area is 175 Å². The van der Waals surface area contributed by atoms with Crippen molar-refractivity contribution < 1.29 is 24.1 Å². The Morgan fingerprint density at radius 2 is 1.83 bits per heavy atom. The predicted octanol–water partition coefficient (Wildman–Crippen LogP) is 3.82. The van der Waals surface area contributed by atoms with Crippen molar-refractivity contribution in [3.63, 3.8) is 0 Å². The zero-order valence-corrected chi connectivity index (χ0v) is 18.7. The normalized spacial score (nSPS) is 49.2. The van der Waals surface area contributed by atoms with E-state index in [1.54, 1.807) is 14.0 Å². The molecule has 4 fully saturated rings. The molecule has 0 amide bonds. The van der Waals surface area contributed by atoms with Crippen molar-refractivity contribution in [1.82, 2.24) is 0 Å². The molecular formula is C24H40O5. The lowest BCUT2D eigenvalue weighted by Crippen LogP contribution is -2.60. The SMILES string of the molecule is COCO[C@@H]1CC[C@@]2(C)[C@H](C1)C(OC)C[C@@H]1[C@@H]2CC[C@]2(C(C)=O)[C@@H](CO)CC[C@@H]12. The number of Topliss-reactive ketones (excluding diaryl/α,β-unsaturated/α-hetero) is 1. The fourth-order valence-electron chi connectivity index (χ4n) is 8.57. The smallest absolute Gasteiger partial charge is 0.146 e. The van der Waals surface area contributed by atoms with E-state index in [2.05, 4.69) is 6.92 Å². The minimum absolute atomic E-state index is 0.149. The topological polar surface area (TPSA) is 65.0 Å². The molecule has 4 rings (SSSR count). The van der Waals surface area contributed by atoms with Gasteiger partial charge in [-0.05, 0) is 93.3 Å². The monoisotopic (exact) mass is 408 g/mol. The minimum Gasteiger partial charge on any atom is -0.396 e. The first-order chi connectivity index (χ1) is 13.9. The Kier molecular flexibility index (Phi) is 6.16. The Balaban J connectivity index is 1.62. The molecule has 4 aliphatic carbocycles. The van der Waals surface area contributed by atoms with E-state index in [1.807, 2.05) is 7.11 Å². The van der Waals surface area contributed by atoms with Gasteiger partial charge < -0.3 is 19.3 Å². The summed E-state index contributed by atoms with van der Waals surface area (Å²) in [6.07, 6.45) is 8.98. The summed E-state index contributed by atoms with van der Waals surface area (Å²) in [4.78, 5) is 12.9. The van der Waals surface area contributed by atoms with Crippen LogP contribution in [0.5, 0.6) is 0 Å². The first kappa shape index (κ1) is 21.7. The lowest BCUT2D eigenvalue weighted by Gasteiger charge is -2.62. The summed E-state index contributed by atoms with van der Waals surface area (Å²) in [5.74, 6) is 2.56. The molecule has 0 heterocycles. The summed E-state index contributed by atoms with van der Waals surface area (Å²) < 4.78 is 17.2. The number of methoxy groups -OCH3 is 2. The number of fused-ring (bicyclic) bond motifs is 5. The van der Waals surface area contributed by atoms with Crippen molar-refractivity contribution >= 4 is 5.78 Å². The first-order valence-corrected chi connectivity index (χ1v) is 11.7. The third-order valence-electron chi connectivity index (χ3n) is 9.89. The van der Waals surface area contributed by atoms with Crippen molar-refractivity contribution in [2.75, 3.05) is 27.6 Å². The molecule has 0 aromatic heterocycles. The molecule has 29 heavy (non-hydrogen) atoms. The van der Waals surface area contributed by atoms with E-state index in [0.717, 1.165) is 51.4 Å². The molecule has 1 unspecified atom stereocenters. The highest BCUT2D eigenvalue weighted by molar-refractivity contribution is 5.83. The second kappa shape index (κ2) is 8.22. The maximum Gasteiger partial charge on any atom is 0.146 e. The number of hydrogen-bond acceptors (Lipinski definition) is 5. The molecule has 0 bridgehead atoms. The van der Waals surface area contributed by atoms with E-state index in [-0.39, 0.29) is 35.6 Å². The van der Waals surface area contributed by atoms with Crippen LogP contribution in [-0.2, 0) is 19.0 Å². The summed E-state index contributed by atoms with van der Waals surface area (Å²) in [5, 5.41) is 10.1. The number of carbonyl (C=O) groups is 1. The molecule has 166 valence electrons. The van der Waals surface area contributed by atoms with E-state index < -0.39 is 0 Å².